The van der Waals surface area contributed by atoms with E-state index in [-0.39, 0.29) is 16.1 Å². The van der Waals surface area contributed by atoms with E-state index in [1.54, 1.807) is 24.3 Å². The highest BCUT2D eigenvalue weighted by molar-refractivity contribution is 6.37. The first-order chi connectivity index (χ1) is 12.0. The quantitative estimate of drug-likeness (QED) is 0.693. The summed E-state index contributed by atoms with van der Waals surface area (Å²) >= 11 is 12.4. The fourth-order valence-electron chi connectivity index (χ4n) is 2.40. The summed E-state index contributed by atoms with van der Waals surface area (Å²) in [6, 6.07) is 11.5. The normalized spacial score (nSPS) is 10.5. The summed E-state index contributed by atoms with van der Waals surface area (Å²) < 4.78 is 13.3. The van der Waals surface area contributed by atoms with Gasteiger partial charge in [-0.25, -0.2) is 4.39 Å². The van der Waals surface area contributed by atoms with Crippen LogP contribution in [0.3, 0.4) is 0 Å². The van der Waals surface area contributed by atoms with Gasteiger partial charge < -0.3 is 10.3 Å². The lowest BCUT2D eigenvalue weighted by Crippen LogP contribution is -2.15. The molecule has 0 saturated carbocycles. The molecule has 2 N–H and O–H groups in total. The molecule has 3 rings (SSSR count). The zero-order chi connectivity index (χ0) is 18.0. The zero-order valence-electron chi connectivity index (χ0n) is 12.6. The molecule has 7 heteroatoms. The third-order valence-corrected chi connectivity index (χ3v) is 4.12. The maximum atomic E-state index is 13.3. The maximum absolute atomic E-state index is 13.3. The highest BCUT2D eigenvalue weighted by atomic mass is 35.5. The molecule has 0 bridgehead atoms. The number of halogens is 3. The van der Waals surface area contributed by atoms with Crippen molar-refractivity contribution in [1.29, 1.82) is 0 Å². The van der Waals surface area contributed by atoms with E-state index < -0.39 is 11.7 Å². The molecule has 0 fully saturated rings. The van der Waals surface area contributed by atoms with Crippen molar-refractivity contribution in [2.24, 2.45) is 0 Å². The molecule has 1 heterocycles. The molecule has 0 radical (unpaired) electrons. The van der Waals surface area contributed by atoms with Gasteiger partial charge in [0.25, 0.3) is 5.91 Å². The number of carbonyl (C=O) groups is 1. The lowest BCUT2D eigenvalue weighted by molar-refractivity contribution is 0.102. The molecule has 1 aromatic heterocycles. The van der Waals surface area contributed by atoms with Crippen LogP contribution in [-0.4, -0.2) is 10.9 Å². The second-order valence-corrected chi connectivity index (χ2v) is 6.00. The maximum Gasteiger partial charge on any atom is 0.256 e. The summed E-state index contributed by atoms with van der Waals surface area (Å²) in [4.78, 5) is 26.5. The standard InChI is InChI=1S/C18H11Cl2FN2O2/c19-14-3-1-2-13(17(14)12-5-4-10(21)8-15(12)20)18(25)23-11-6-7-22-16(24)9-11/h1-9H,(H2,22,23,24,25). The van der Waals surface area contributed by atoms with Gasteiger partial charge in [-0.3, -0.25) is 9.59 Å². The van der Waals surface area contributed by atoms with E-state index in [0.29, 0.717) is 21.8 Å². The first kappa shape index (κ1) is 17.2. The summed E-state index contributed by atoms with van der Waals surface area (Å²) in [6.45, 7) is 0. The predicted molar refractivity (Wildman–Crippen MR) is 96.9 cm³/mol. The molecule has 0 spiro atoms. The van der Waals surface area contributed by atoms with Crippen LogP contribution < -0.4 is 10.9 Å². The second kappa shape index (κ2) is 7.09. The Kier molecular flexibility index (Phi) is 4.88. The van der Waals surface area contributed by atoms with Crippen LogP contribution in [0.15, 0.2) is 59.5 Å². The Balaban J connectivity index is 2.06. The van der Waals surface area contributed by atoms with Gasteiger partial charge in [-0.15, -0.1) is 0 Å². The lowest BCUT2D eigenvalue weighted by Gasteiger charge is -2.13. The Morgan fingerprint density at radius 1 is 1.04 bits per heavy atom. The number of rotatable bonds is 3. The number of aromatic amines is 1. The van der Waals surface area contributed by atoms with Gasteiger partial charge in [-0.2, -0.15) is 0 Å². The summed E-state index contributed by atoms with van der Waals surface area (Å²) in [7, 11) is 0. The molecular formula is C18H11Cl2FN2O2. The number of H-pyrrole nitrogens is 1. The minimum atomic E-state index is -0.490. The molecule has 25 heavy (non-hydrogen) atoms. The number of hydrogen-bond acceptors (Lipinski definition) is 2. The highest BCUT2D eigenvalue weighted by Gasteiger charge is 2.18. The predicted octanol–water partition coefficient (Wildman–Crippen LogP) is 4.74. The van der Waals surface area contributed by atoms with Crippen molar-refractivity contribution in [3.63, 3.8) is 0 Å². The van der Waals surface area contributed by atoms with Gasteiger partial charge in [0.15, 0.2) is 0 Å². The van der Waals surface area contributed by atoms with Crippen LogP contribution in [0.4, 0.5) is 10.1 Å². The van der Waals surface area contributed by atoms with Crippen molar-refractivity contribution >= 4 is 34.8 Å². The van der Waals surface area contributed by atoms with Crippen LogP contribution in [0.1, 0.15) is 10.4 Å². The molecular weight excluding hydrogens is 366 g/mol. The molecule has 0 saturated heterocycles. The van der Waals surface area contributed by atoms with Crippen molar-refractivity contribution in [2.75, 3.05) is 5.32 Å². The largest absolute Gasteiger partial charge is 0.329 e. The summed E-state index contributed by atoms with van der Waals surface area (Å²) in [5.74, 6) is -0.959. The van der Waals surface area contributed by atoms with E-state index in [0.717, 1.165) is 6.07 Å². The van der Waals surface area contributed by atoms with E-state index in [2.05, 4.69) is 10.3 Å². The Morgan fingerprint density at radius 3 is 2.56 bits per heavy atom. The summed E-state index contributed by atoms with van der Waals surface area (Å²) in [5, 5.41) is 3.07. The smallest absolute Gasteiger partial charge is 0.256 e. The van der Waals surface area contributed by atoms with Crippen molar-refractivity contribution < 1.29 is 9.18 Å². The Labute approximate surface area is 152 Å². The molecule has 0 aliphatic heterocycles. The fraction of sp³-hybridized carbons (Fsp3) is 0. The van der Waals surface area contributed by atoms with E-state index in [1.165, 1.54) is 24.4 Å². The molecule has 0 aliphatic carbocycles. The summed E-state index contributed by atoms with van der Waals surface area (Å²) in [6.07, 6.45) is 1.42. The van der Waals surface area contributed by atoms with Crippen molar-refractivity contribution in [3.8, 4) is 11.1 Å². The van der Waals surface area contributed by atoms with Gasteiger partial charge in [0.05, 0.1) is 5.02 Å². The summed E-state index contributed by atoms with van der Waals surface area (Å²) in [5.41, 5.74) is 1.07. The first-order valence-electron chi connectivity index (χ1n) is 7.20. The van der Waals surface area contributed by atoms with Gasteiger partial charge >= 0.3 is 0 Å². The number of carbonyl (C=O) groups excluding carboxylic acids is 1. The minimum Gasteiger partial charge on any atom is -0.329 e. The van der Waals surface area contributed by atoms with Crippen LogP contribution >= 0.6 is 23.2 Å². The van der Waals surface area contributed by atoms with E-state index in [4.69, 9.17) is 23.2 Å². The number of anilines is 1. The molecule has 126 valence electrons. The fourth-order valence-corrected chi connectivity index (χ4v) is 2.94. The molecule has 4 nitrogen and oxygen atoms in total. The zero-order valence-corrected chi connectivity index (χ0v) is 14.2. The van der Waals surface area contributed by atoms with Crippen molar-refractivity contribution in [1.82, 2.24) is 4.98 Å². The average molecular weight is 377 g/mol. The monoisotopic (exact) mass is 376 g/mol. The van der Waals surface area contributed by atoms with E-state index in [1.807, 2.05) is 0 Å². The Hall–Kier alpha value is -2.63. The SMILES string of the molecule is O=C(Nc1cc[nH]c(=O)c1)c1cccc(Cl)c1-c1ccc(F)cc1Cl. The van der Waals surface area contributed by atoms with Crippen LogP contribution in [-0.2, 0) is 0 Å². The van der Waals surface area contributed by atoms with Crippen LogP contribution in [0.2, 0.25) is 10.0 Å². The number of benzene rings is 2. The van der Waals surface area contributed by atoms with Crippen LogP contribution in [0, 0.1) is 5.82 Å². The molecule has 0 atom stereocenters. The number of aromatic nitrogens is 1. The minimum absolute atomic E-state index is 0.137. The number of pyridine rings is 1. The molecule has 0 unspecified atom stereocenters. The molecule has 2 aromatic carbocycles. The molecule has 1 amide bonds. The topological polar surface area (TPSA) is 62.0 Å². The third kappa shape index (κ3) is 3.73. The molecule has 0 aliphatic rings. The van der Waals surface area contributed by atoms with Crippen molar-refractivity contribution in [3.05, 3.63) is 86.5 Å². The Morgan fingerprint density at radius 2 is 1.84 bits per heavy atom. The van der Waals surface area contributed by atoms with E-state index in [9.17, 15) is 14.0 Å². The van der Waals surface area contributed by atoms with Gasteiger partial charge in [0, 0.05) is 39.7 Å². The first-order valence-corrected chi connectivity index (χ1v) is 7.95. The number of hydrogen-bond donors (Lipinski definition) is 2. The van der Waals surface area contributed by atoms with Gasteiger partial charge in [-0.05, 0) is 36.4 Å². The lowest BCUT2D eigenvalue weighted by atomic mass is 9.98. The number of amides is 1. The highest BCUT2D eigenvalue weighted by Crippen LogP contribution is 2.36. The van der Waals surface area contributed by atoms with Gasteiger partial charge in [-0.1, -0.05) is 29.3 Å². The van der Waals surface area contributed by atoms with Crippen LogP contribution in [0.5, 0.6) is 0 Å². The average Bonchev–Trinajstić information content (AvgIpc) is 2.55. The Bertz CT molecular complexity index is 1020. The van der Waals surface area contributed by atoms with Crippen molar-refractivity contribution in [2.45, 2.75) is 0 Å². The molecule has 3 aromatic rings. The second-order valence-electron chi connectivity index (χ2n) is 5.18. The number of nitrogens with one attached hydrogen (secondary N) is 2. The third-order valence-electron chi connectivity index (χ3n) is 3.49. The van der Waals surface area contributed by atoms with Gasteiger partial charge in [0.1, 0.15) is 5.82 Å². The van der Waals surface area contributed by atoms with Crippen LogP contribution in [0.25, 0.3) is 11.1 Å². The van der Waals surface area contributed by atoms with Gasteiger partial charge in [0.2, 0.25) is 5.56 Å². The van der Waals surface area contributed by atoms with E-state index >= 15 is 0 Å².